The van der Waals surface area contributed by atoms with Crippen molar-refractivity contribution in [2.75, 3.05) is 0 Å². The Hall–Kier alpha value is -3.95. The van der Waals surface area contributed by atoms with Crippen LogP contribution in [-0.2, 0) is 6.61 Å². The maximum atomic E-state index is 10.8. The number of non-ortho nitro benzene ring substituents is 1. The van der Waals surface area contributed by atoms with Crippen LogP contribution in [0.3, 0.4) is 0 Å². The summed E-state index contributed by atoms with van der Waals surface area (Å²) in [7, 11) is 0. The van der Waals surface area contributed by atoms with Crippen LogP contribution in [-0.4, -0.2) is 4.92 Å². The lowest BCUT2D eigenvalue weighted by Crippen LogP contribution is -1.96. The molecule has 0 radical (unpaired) electrons. The Labute approximate surface area is 193 Å². The summed E-state index contributed by atoms with van der Waals surface area (Å²) in [4.78, 5) is 10.4. The first kappa shape index (κ1) is 21.3. The van der Waals surface area contributed by atoms with E-state index in [1.807, 2.05) is 30.3 Å². The molecule has 4 rings (SSSR count). The van der Waals surface area contributed by atoms with Crippen molar-refractivity contribution in [2.45, 2.75) is 6.61 Å². The quantitative estimate of drug-likeness (QED) is 0.126. The van der Waals surface area contributed by atoms with Crippen molar-refractivity contribution >= 4 is 44.0 Å². The van der Waals surface area contributed by atoms with Crippen LogP contribution in [0.1, 0.15) is 16.7 Å². The van der Waals surface area contributed by atoms with Gasteiger partial charge in [0.15, 0.2) is 0 Å². The molecule has 0 aliphatic heterocycles. The molecule has 32 heavy (non-hydrogen) atoms. The number of hydrogen-bond acceptors (Lipinski definition) is 4. The fourth-order valence-electron chi connectivity index (χ4n) is 3.32. The summed E-state index contributed by atoms with van der Waals surface area (Å²) >= 11 is 3.54. The van der Waals surface area contributed by atoms with Crippen LogP contribution in [0.15, 0.2) is 89.4 Å². The molecular formula is C26H17BrN2O3. The van der Waals surface area contributed by atoms with Crippen molar-refractivity contribution in [1.29, 1.82) is 5.26 Å². The molecule has 0 aromatic heterocycles. The Balaban J connectivity index is 1.50. The molecule has 4 aromatic carbocycles. The van der Waals surface area contributed by atoms with Crippen LogP contribution >= 0.6 is 15.9 Å². The van der Waals surface area contributed by atoms with E-state index in [1.165, 1.54) is 22.9 Å². The minimum atomic E-state index is -0.465. The van der Waals surface area contributed by atoms with Gasteiger partial charge in [0.25, 0.3) is 5.69 Å². The van der Waals surface area contributed by atoms with Crippen molar-refractivity contribution in [3.63, 3.8) is 0 Å². The third-order valence-corrected chi connectivity index (χ3v) is 5.60. The number of rotatable bonds is 6. The van der Waals surface area contributed by atoms with Crippen LogP contribution in [0.5, 0.6) is 5.75 Å². The number of fused-ring (bicyclic) bond motifs is 1. The molecule has 0 bridgehead atoms. The highest BCUT2D eigenvalue weighted by Gasteiger charge is 2.08. The Kier molecular flexibility index (Phi) is 6.29. The molecule has 0 fully saturated rings. The molecule has 0 aliphatic rings. The van der Waals surface area contributed by atoms with E-state index >= 15 is 0 Å². The maximum absolute atomic E-state index is 10.8. The predicted molar refractivity (Wildman–Crippen MR) is 129 cm³/mol. The number of hydrogen-bond donors (Lipinski definition) is 0. The maximum Gasteiger partial charge on any atom is 0.269 e. The Morgan fingerprint density at radius 3 is 2.44 bits per heavy atom. The van der Waals surface area contributed by atoms with E-state index in [0.717, 1.165) is 15.6 Å². The Morgan fingerprint density at radius 2 is 1.75 bits per heavy atom. The smallest absolute Gasteiger partial charge is 0.269 e. The third kappa shape index (κ3) is 4.85. The fraction of sp³-hybridized carbons (Fsp3) is 0.0385. The normalized spacial score (nSPS) is 11.2. The fourth-order valence-corrected chi connectivity index (χ4v) is 3.83. The lowest BCUT2D eigenvalue weighted by Gasteiger charge is -2.10. The van der Waals surface area contributed by atoms with Gasteiger partial charge in [-0.15, -0.1) is 0 Å². The second-order valence-electron chi connectivity index (χ2n) is 7.13. The monoisotopic (exact) mass is 484 g/mol. The first-order valence-corrected chi connectivity index (χ1v) is 10.6. The third-order valence-electron chi connectivity index (χ3n) is 4.98. The van der Waals surface area contributed by atoms with Crippen molar-refractivity contribution in [1.82, 2.24) is 0 Å². The van der Waals surface area contributed by atoms with Crippen molar-refractivity contribution in [2.24, 2.45) is 0 Å². The highest BCUT2D eigenvalue weighted by atomic mass is 79.9. The van der Waals surface area contributed by atoms with Crippen molar-refractivity contribution < 1.29 is 9.66 Å². The summed E-state index contributed by atoms with van der Waals surface area (Å²) in [6, 6.07) is 28.1. The SMILES string of the molecule is N#C/C(=C/c1ccc(OCc2ccc3ccccc3c2)c(Br)c1)c1ccc([N+](=O)[O-])cc1. The minimum Gasteiger partial charge on any atom is -0.488 e. The zero-order valence-electron chi connectivity index (χ0n) is 16.9. The first-order valence-electron chi connectivity index (χ1n) is 9.80. The number of halogens is 1. The van der Waals surface area contributed by atoms with Gasteiger partial charge < -0.3 is 4.74 Å². The van der Waals surface area contributed by atoms with Crippen molar-refractivity contribution in [3.05, 3.63) is 116 Å². The molecular weight excluding hydrogens is 468 g/mol. The van der Waals surface area contributed by atoms with Gasteiger partial charge in [0.05, 0.1) is 21.0 Å². The molecule has 0 N–H and O–H groups in total. The molecule has 0 saturated carbocycles. The van der Waals surface area contributed by atoms with Gasteiger partial charge in [-0.3, -0.25) is 10.1 Å². The largest absolute Gasteiger partial charge is 0.488 e. The van der Waals surface area contributed by atoms with Gasteiger partial charge in [-0.2, -0.15) is 5.26 Å². The highest BCUT2D eigenvalue weighted by molar-refractivity contribution is 9.10. The van der Waals surface area contributed by atoms with Gasteiger partial charge in [-0.1, -0.05) is 42.5 Å². The van der Waals surface area contributed by atoms with Gasteiger partial charge in [-0.05, 0) is 79.8 Å². The van der Waals surface area contributed by atoms with Crippen LogP contribution in [0.4, 0.5) is 5.69 Å². The molecule has 0 spiro atoms. The van der Waals surface area contributed by atoms with Gasteiger partial charge in [0.1, 0.15) is 12.4 Å². The van der Waals surface area contributed by atoms with E-state index in [2.05, 4.69) is 52.3 Å². The Morgan fingerprint density at radius 1 is 1.00 bits per heavy atom. The summed E-state index contributed by atoms with van der Waals surface area (Å²) in [5, 5.41) is 22.7. The topological polar surface area (TPSA) is 76.2 Å². The van der Waals surface area contributed by atoms with Gasteiger partial charge in [-0.25, -0.2) is 0 Å². The second-order valence-corrected chi connectivity index (χ2v) is 7.99. The van der Waals surface area contributed by atoms with Crippen LogP contribution in [0.25, 0.3) is 22.4 Å². The number of nitriles is 1. The molecule has 0 atom stereocenters. The number of nitro groups is 1. The minimum absolute atomic E-state index is 0.0123. The average Bonchev–Trinajstić information content (AvgIpc) is 2.82. The zero-order valence-corrected chi connectivity index (χ0v) is 18.5. The summed E-state index contributed by atoms with van der Waals surface area (Å²) in [6.07, 6.45) is 1.74. The van der Waals surface area contributed by atoms with Gasteiger partial charge in [0, 0.05) is 12.1 Å². The number of ether oxygens (including phenoxy) is 1. The Bertz CT molecular complexity index is 1370. The van der Waals surface area contributed by atoms with Crippen LogP contribution in [0.2, 0.25) is 0 Å². The van der Waals surface area contributed by atoms with E-state index in [9.17, 15) is 15.4 Å². The second kappa shape index (κ2) is 9.46. The molecule has 0 amide bonds. The van der Waals surface area contributed by atoms with Gasteiger partial charge in [0.2, 0.25) is 0 Å². The van der Waals surface area contributed by atoms with E-state index in [1.54, 1.807) is 18.2 Å². The summed E-state index contributed by atoms with van der Waals surface area (Å²) in [5.41, 5.74) is 2.90. The summed E-state index contributed by atoms with van der Waals surface area (Å²) < 4.78 is 6.75. The molecule has 6 heteroatoms. The molecule has 5 nitrogen and oxygen atoms in total. The lowest BCUT2D eigenvalue weighted by atomic mass is 10.0. The molecule has 156 valence electrons. The van der Waals surface area contributed by atoms with E-state index < -0.39 is 4.92 Å². The zero-order chi connectivity index (χ0) is 22.5. The molecule has 4 aromatic rings. The summed E-state index contributed by atoms with van der Waals surface area (Å²) in [5.74, 6) is 0.698. The number of nitro benzene ring substituents is 1. The standard InChI is InChI=1S/C26H17BrN2O3/c27-25-15-18(13-23(16-28)21-8-10-24(11-9-21)29(30)31)6-12-26(25)32-17-19-5-7-20-3-1-2-4-22(20)14-19/h1-15H,17H2/b23-13-. The molecule has 0 aliphatic carbocycles. The highest BCUT2D eigenvalue weighted by Crippen LogP contribution is 2.29. The first-order chi connectivity index (χ1) is 15.5. The number of allylic oxidation sites excluding steroid dienone is 1. The van der Waals surface area contributed by atoms with Crippen LogP contribution in [0, 0.1) is 21.4 Å². The molecule has 0 saturated heterocycles. The van der Waals surface area contributed by atoms with Crippen LogP contribution < -0.4 is 4.74 Å². The van der Waals surface area contributed by atoms with Crippen molar-refractivity contribution in [3.8, 4) is 11.8 Å². The summed E-state index contributed by atoms with van der Waals surface area (Å²) in [6.45, 7) is 0.435. The number of nitrogens with zero attached hydrogens (tertiary/aromatic N) is 2. The average molecular weight is 485 g/mol. The molecule has 0 unspecified atom stereocenters. The molecule has 0 heterocycles. The van der Waals surface area contributed by atoms with E-state index in [0.29, 0.717) is 23.5 Å². The number of benzene rings is 4. The van der Waals surface area contributed by atoms with E-state index in [-0.39, 0.29) is 5.69 Å². The predicted octanol–water partition coefficient (Wildman–Crippen LogP) is 7.15. The lowest BCUT2D eigenvalue weighted by molar-refractivity contribution is -0.384. The van der Waals surface area contributed by atoms with E-state index in [4.69, 9.17) is 4.74 Å². The van der Waals surface area contributed by atoms with Gasteiger partial charge >= 0.3 is 0 Å².